The van der Waals surface area contributed by atoms with E-state index in [9.17, 15) is 9.18 Å². The molecule has 0 saturated carbocycles. The van der Waals surface area contributed by atoms with Gasteiger partial charge in [0.1, 0.15) is 11.6 Å². The second-order valence-electron chi connectivity index (χ2n) is 3.48. The molecule has 0 spiro atoms. The highest BCUT2D eigenvalue weighted by atomic mass is 19.1. The van der Waals surface area contributed by atoms with Gasteiger partial charge in [0.2, 0.25) is 5.88 Å². The van der Waals surface area contributed by atoms with Crippen LogP contribution in [-0.4, -0.2) is 16.1 Å². The molecule has 1 aromatic heterocycles. The van der Waals surface area contributed by atoms with Crippen molar-refractivity contribution in [3.8, 4) is 11.6 Å². The normalized spacial score (nSPS) is 10.1. The Kier molecular flexibility index (Phi) is 3.09. The number of carboxylic acids is 1. The molecule has 0 aliphatic rings. The van der Waals surface area contributed by atoms with E-state index < -0.39 is 5.97 Å². The quantitative estimate of drug-likeness (QED) is 0.870. The van der Waals surface area contributed by atoms with Gasteiger partial charge in [-0.2, -0.15) is 0 Å². The minimum Gasteiger partial charge on any atom is -0.478 e. The average molecular weight is 248 g/mol. The zero-order chi connectivity index (χ0) is 13.1. The summed E-state index contributed by atoms with van der Waals surface area (Å²) in [6.45, 7) is 0. The van der Waals surface area contributed by atoms with Gasteiger partial charge in [0.05, 0.1) is 11.3 Å². The molecule has 0 unspecified atom stereocenters. The minimum atomic E-state index is -1.12. The van der Waals surface area contributed by atoms with Crippen molar-refractivity contribution in [2.45, 2.75) is 0 Å². The second-order valence-corrected chi connectivity index (χ2v) is 3.48. The van der Waals surface area contributed by atoms with E-state index in [0.29, 0.717) is 5.75 Å². The fourth-order valence-electron chi connectivity index (χ4n) is 1.29. The van der Waals surface area contributed by atoms with E-state index in [4.69, 9.17) is 15.6 Å². The van der Waals surface area contributed by atoms with Gasteiger partial charge in [0.15, 0.2) is 0 Å². The van der Waals surface area contributed by atoms with Crippen LogP contribution >= 0.6 is 0 Å². The van der Waals surface area contributed by atoms with Gasteiger partial charge in [-0.15, -0.1) is 0 Å². The van der Waals surface area contributed by atoms with E-state index in [0.717, 1.165) is 6.20 Å². The molecule has 1 heterocycles. The molecule has 5 nitrogen and oxygen atoms in total. The molecule has 0 bridgehead atoms. The molecule has 0 amide bonds. The number of carbonyl (C=O) groups is 1. The van der Waals surface area contributed by atoms with Gasteiger partial charge < -0.3 is 15.6 Å². The van der Waals surface area contributed by atoms with E-state index in [2.05, 4.69) is 4.98 Å². The summed E-state index contributed by atoms with van der Waals surface area (Å²) in [7, 11) is 0. The van der Waals surface area contributed by atoms with Crippen LogP contribution in [0.4, 0.5) is 10.1 Å². The van der Waals surface area contributed by atoms with E-state index in [1.54, 1.807) is 0 Å². The van der Waals surface area contributed by atoms with Crippen LogP contribution in [0.5, 0.6) is 11.6 Å². The van der Waals surface area contributed by atoms with Crippen LogP contribution in [0.15, 0.2) is 36.5 Å². The first kappa shape index (κ1) is 11.8. The van der Waals surface area contributed by atoms with Crippen molar-refractivity contribution in [3.63, 3.8) is 0 Å². The highest BCUT2D eigenvalue weighted by Gasteiger charge is 2.09. The highest BCUT2D eigenvalue weighted by molar-refractivity contribution is 5.88. The third kappa shape index (κ3) is 2.54. The Bertz CT molecular complexity index is 584. The molecule has 0 atom stereocenters. The van der Waals surface area contributed by atoms with E-state index in [1.165, 1.54) is 30.3 Å². The number of nitrogens with zero attached hydrogens (tertiary/aromatic N) is 1. The first-order chi connectivity index (χ1) is 8.56. The van der Waals surface area contributed by atoms with Crippen LogP contribution < -0.4 is 10.5 Å². The van der Waals surface area contributed by atoms with Crippen LogP contribution in [-0.2, 0) is 0 Å². The molecule has 92 valence electrons. The summed E-state index contributed by atoms with van der Waals surface area (Å²) in [5.41, 5.74) is 5.68. The zero-order valence-corrected chi connectivity index (χ0v) is 9.13. The van der Waals surface area contributed by atoms with Crippen molar-refractivity contribution in [1.82, 2.24) is 4.98 Å². The number of aromatic nitrogens is 1. The summed E-state index contributed by atoms with van der Waals surface area (Å²) in [4.78, 5) is 14.5. The summed E-state index contributed by atoms with van der Waals surface area (Å²) in [6, 6.07) is 6.55. The lowest BCUT2D eigenvalue weighted by Crippen LogP contribution is -2.01. The molecule has 0 aliphatic heterocycles. The lowest BCUT2D eigenvalue weighted by molar-refractivity contribution is 0.0696. The molecule has 0 aliphatic carbocycles. The topological polar surface area (TPSA) is 85.4 Å². The Morgan fingerprint density at radius 1 is 1.33 bits per heavy atom. The molecule has 1 aromatic carbocycles. The maximum Gasteiger partial charge on any atom is 0.337 e. The number of aromatic carboxylic acids is 1. The van der Waals surface area contributed by atoms with Crippen molar-refractivity contribution < 1.29 is 19.0 Å². The molecular weight excluding hydrogens is 239 g/mol. The number of anilines is 1. The van der Waals surface area contributed by atoms with E-state index in [1.807, 2.05) is 0 Å². The summed E-state index contributed by atoms with van der Waals surface area (Å²) in [5, 5.41) is 8.74. The highest BCUT2D eigenvalue weighted by Crippen LogP contribution is 2.25. The van der Waals surface area contributed by atoms with Gasteiger partial charge in [-0.1, -0.05) is 0 Å². The number of rotatable bonds is 3. The number of ether oxygens (including phenoxy) is 1. The lowest BCUT2D eigenvalue weighted by Gasteiger charge is -2.07. The first-order valence-corrected chi connectivity index (χ1v) is 4.98. The SMILES string of the molecule is Nc1cc(C(=O)O)cnc1Oc1ccc(F)cc1. The molecule has 6 heteroatoms. The van der Waals surface area contributed by atoms with Crippen molar-refractivity contribution >= 4 is 11.7 Å². The molecule has 0 saturated heterocycles. The van der Waals surface area contributed by atoms with E-state index >= 15 is 0 Å². The number of nitrogen functional groups attached to an aromatic ring is 1. The van der Waals surface area contributed by atoms with Crippen molar-refractivity contribution in [2.75, 3.05) is 5.73 Å². The monoisotopic (exact) mass is 248 g/mol. The average Bonchev–Trinajstić information content (AvgIpc) is 2.34. The number of benzene rings is 1. The van der Waals surface area contributed by atoms with Crippen molar-refractivity contribution in [1.29, 1.82) is 0 Å². The predicted octanol–water partition coefficient (Wildman–Crippen LogP) is 2.29. The van der Waals surface area contributed by atoms with Gasteiger partial charge in [0, 0.05) is 6.20 Å². The van der Waals surface area contributed by atoms with Gasteiger partial charge in [-0.3, -0.25) is 0 Å². The molecule has 2 aromatic rings. The maximum atomic E-state index is 12.7. The van der Waals surface area contributed by atoms with Gasteiger partial charge >= 0.3 is 5.97 Å². The molecule has 0 radical (unpaired) electrons. The van der Waals surface area contributed by atoms with Crippen LogP contribution in [0.2, 0.25) is 0 Å². The predicted molar refractivity (Wildman–Crippen MR) is 62.1 cm³/mol. The fourth-order valence-corrected chi connectivity index (χ4v) is 1.29. The van der Waals surface area contributed by atoms with Gasteiger partial charge in [-0.05, 0) is 30.3 Å². The third-order valence-electron chi connectivity index (χ3n) is 2.15. The molecule has 0 fully saturated rings. The second kappa shape index (κ2) is 4.70. The van der Waals surface area contributed by atoms with Gasteiger partial charge in [0.25, 0.3) is 0 Å². The van der Waals surface area contributed by atoms with Crippen LogP contribution in [0.1, 0.15) is 10.4 Å². The summed E-state index contributed by atoms with van der Waals surface area (Å²) < 4.78 is 18.0. The molecule has 3 N–H and O–H groups in total. The largest absolute Gasteiger partial charge is 0.478 e. The van der Waals surface area contributed by atoms with Crippen molar-refractivity contribution in [3.05, 3.63) is 47.9 Å². The number of carboxylic acid groups (broad SMARTS) is 1. The number of pyridine rings is 1. The fraction of sp³-hybridized carbons (Fsp3) is 0. The van der Waals surface area contributed by atoms with Gasteiger partial charge in [-0.25, -0.2) is 14.2 Å². The molecule has 18 heavy (non-hydrogen) atoms. The Hall–Kier alpha value is -2.63. The number of nitrogens with two attached hydrogens (primary N) is 1. The smallest absolute Gasteiger partial charge is 0.337 e. The van der Waals surface area contributed by atoms with Crippen LogP contribution in [0, 0.1) is 5.82 Å². The summed E-state index contributed by atoms with van der Waals surface area (Å²) in [5.74, 6) is -1.07. The zero-order valence-electron chi connectivity index (χ0n) is 9.13. The Morgan fingerprint density at radius 2 is 2.00 bits per heavy atom. The number of hydrogen-bond donors (Lipinski definition) is 2. The minimum absolute atomic E-state index is 0.0287. The maximum absolute atomic E-state index is 12.7. The Balaban J connectivity index is 2.24. The number of hydrogen-bond acceptors (Lipinski definition) is 4. The standard InChI is InChI=1S/C12H9FN2O3/c13-8-1-3-9(4-2-8)18-11-10(14)5-7(6-15-11)12(16)17/h1-6H,14H2,(H,16,17). The number of halogens is 1. The molecular formula is C12H9FN2O3. The van der Waals surface area contributed by atoms with Crippen molar-refractivity contribution in [2.24, 2.45) is 0 Å². The first-order valence-electron chi connectivity index (χ1n) is 4.98. The Labute approximate surface area is 102 Å². The van der Waals surface area contributed by atoms with Crippen LogP contribution in [0.25, 0.3) is 0 Å². The van der Waals surface area contributed by atoms with Crippen LogP contribution in [0.3, 0.4) is 0 Å². The molecule has 2 rings (SSSR count). The lowest BCUT2D eigenvalue weighted by atomic mass is 10.2. The summed E-state index contributed by atoms with van der Waals surface area (Å²) >= 11 is 0. The van der Waals surface area contributed by atoms with E-state index in [-0.39, 0.29) is 22.9 Å². The third-order valence-corrected chi connectivity index (χ3v) is 2.15. The Morgan fingerprint density at radius 3 is 2.56 bits per heavy atom. The summed E-state index contributed by atoms with van der Waals surface area (Å²) in [6.07, 6.45) is 1.14.